The third-order valence-electron chi connectivity index (χ3n) is 11.6. The molecule has 0 rings (SSSR count). The SMILES string of the molecule is CCCCC/C=C\C/C=C\C/C=C\CCCCCCCCC(=O)OCC(O)COP(=O)(O)OCC(O)COP(=O)(O)OCC(O)COC(=O)CCCCCCCCCCCCCCCCCCCCC. The number of phosphoric acid groups is 2. The average molecular weight is 1040 g/mol. The van der Waals surface area contributed by atoms with Crippen molar-refractivity contribution in [1.82, 2.24) is 0 Å². The van der Waals surface area contributed by atoms with E-state index in [9.17, 15) is 43.8 Å². The van der Waals surface area contributed by atoms with Crippen molar-refractivity contribution in [2.75, 3.05) is 39.6 Å². The number of esters is 2. The van der Waals surface area contributed by atoms with Gasteiger partial charge in [0, 0.05) is 12.8 Å². The van der Waals surface area contributed by atoms with Crippen molar-refractivity contribution >= 4 is 27.6 Å². The molecule has 0 aromatic rings. The molecule has 0 radical (unpaired) electrons. The summed E-state index contributed by atoms with van der Waals surface area (Å²) < 4.78 is 53.2. The van der Waals surface area contributed by atoms with E-state index in [1.165, 1.54) is 122 Å². The molecule has 412 valence electrons. The molecule has 17 heteroatoms. The lowest BCUT2D eigenvalue weighted by Crippen LogP contribution is -2.25. The van der Waals surface area contributed by atoms with Gasteiger partial charge in [-0.15, -0.1) is 0 Å². The van der Waals surface area contributed by atoms with Crippen LogP contribution in [0.25, 0.3) is 0 Å². The van der Waals surface area contributed by atoms with Gasteiger partial charge < -0.3 is 34.6 Å². The molecule has 0 spiro atoms. The number of aliphatic hydroxyl groups excluding tert-OH is 3. The number of ether oxygens (including phenoxy) is 2. The minimum absolute atomic E-state index is 0.182. The van der Waals surface area contributed by atoms with Crippen LogP contribution >= 0.6 is 15.6 Å². The summed E-state index contributed by atoms with van der Waals surface area (Å²) in [6, 6.07) is 0. The summed E-state index contributed by atoms with van der Waals surface area (Å²) in [5, 5.41) is 30.1. The maximum Gasteiger partial charge on any atom is 0.472 e. The van der Waals surface area contributed by atoms with E-state index < -0.39 is 85.5 Å². The molecule has 70 heavy (non-hydrogen) atoms. The fraction of sp³-hybridized carbons (Fsp3) is 0.849. The van der Waals surface area contributed by atoms with E-state index in [4.69, 9.17) is 18.5 Å². The zero-order chi connectivity index (χ0) is 51.7. The Morgan fingerprint density at radius 1 is 0.371 bits per heavy atom. The highest BCUT2D eigenvalue weighted by atomic mass is 31.2. The van der Waals surface area contributed by atoms with E-state index >= 15 is 0 Å². The Morgan fingerprint density at radius 3 is 0.943 bits per heavy atom. The van der Waals surface area contributed by atoms with E-state index in [-0.39, 0.29) is 12.8 Å². The summed E-state index contributed by atoms with van der Waals surface area (Å²) in [4.78, 5) is 43.9. The van der Waals surface area contributed by atoms with Crippen molar-refractivity contribution in [2.24, 2.45) is 0 Å². The van der Waals surface area contributed by atoms with Crippen LogP contribution in [0.3, 0.4) is 0 Å². The number of rotatable bonds is 53. The Kier molecular flexibility index (Phi) is 48.2. The Hall–Kier alpha value is -1.74. The molecule has 5 N–H and O–H groups in total. The molecule has 5 unspecified atom stereocenters. The molecule has 0 heterocycles. The lowest BCUT2D eigenvalue weighted by atomic mass is 10.0. The number of aliphatic hydroxyl groups is 3. The van der Waals surface area contributed by atoms with Crippen molar-refractivity contribution in [3.8, 4) is 0 Å². The van der Waals surface area contributed by atoms with E-state index in [1.54, 1.807) is 0 Å². The molecule has 0 aromatic heterocycles. The fourth-order valence-electron chi connectivity index (χ4n) is 7.34. The normalized spacial score (nSPS) is 15.1. The number of carbonyl (C=O) groups is 2. The van der Waals surface area contributed by atoms with Gasteiger partial charge in [-0.05, 0) is 51.4 Å². The smallest absolute Gasteiger partial charge is 0.463 e. The van der Waals surface area contributed by atoms with Crippen LogP contribution < -0.4 is 0 Å². The van der Waals surface area contributed by atoms with Gasteiger partial charge in [0.15, 0.2) is 0 Å². The highest BCUT2D eigenvalue weighted by molar-refractivity contribution is 7.47. The van der Waals surface area contributed by atoms with Gasteiger partial charge in [-0.25, -0.2) is 9.13 Å². The molecule has 5 atom stereocenters. The van der Waals surface area contributed by atoms with Crippen LogP contribution in [0.15, 0.2) is 36.5 Å². The number of unbranched alkanes of at least 4 members (excludes halogenated alkanes) is 27. The first-order chi connectivity index (χ1) is 33.8. The van der Waals surface area contributed by atoms with E-state index in [0.29, 0.717) is 12.8 Å². The van der Waals surface area contributed by atoms with Gasteiger partial charge >= 0.3 is 27.6 Å². The Morgan fingerprint density at radius 2 is 0.614 bits per heavy atom. The van der Waals surface area contributed by atoms with Gasteiger partial charge in [0.1, 0.15) is 31.5 Å². The maximum atomic E-state index is 12.2. The van der Waals surface area contributed by atoms with Crippen LogP contribution in [0, 0.1) is 0 Å². The second-order valence-electron chi connectivity index (χ2n) is 18.6. The van der Waals surface area contributed by atoms with Crippen LogP contribution in [-0.4, -0.2) is 95.0 Å². The van der Waals surface area contributed by atoms with Crippen molar-refractivity contribution in [2.45, 2.75) is 250 Å². The lowest BCUT2D eigenvalue weighted by molar-refractivity contribution is -0.148. The Balaban J connectivity index is 3.83. The van der Waals surface area contributed by atoms with E-state index in [1.807, 2.05) is 0 Å². The largest absolute Gasteiger partial charge is 0.472 e. The third kappa shape index (κ3) is 51.2. The summed E-state index contributed by atoms with van der Waals surface area (Å²) in [6.45, 7) is 0.426. The highest BCUT2D eigenvalue weighted by Gasteiger charge is 2.28. The fourth-order valence-corrected chi connectivity index (χ4v) is 8.93. The second-order valence-corrected chi connectivity index (χ2v) is 21.5. The molecule has 0 aliphatic carbocycles. The van der Waals surface area contributed by atoms with E-state index in [0.717, 1.165) is 70.6 Å². The summed E-state index contributed by atoms with van der Waals surface area (Å²) in [5.74, 6) is -0.999. The van der Waals surface area contributed by atoms with Crippen LogP contribution in [-0.2, 0) is 46.3 Å². The second kappa shape index (κ2) is 49.5. The molecular weight excluding hydrogens is 939 g/mol. The van der Waals surface area contributed by atoms with Crippen LogP contribution in [0.4, 0.5) is 0 Å². The third-order valence-corrected chi connectivity index (χ3v) is 13.5. The van der Waals surface area contributed by atoms with Gasteiger partial charge in [-0.2, -0.15) is 0 Å². The van der Waals surface area contributed by atoms with E-state index in [2.05, 4.69) is 59.4 Å². The minimum atomic E-state index is -4.79. The summed E-state index contributed by atoms with van der Waals surface area (Å²) >= 11 is 0. The van der Waals surface area contributed by atoms with Crippen molar-refractivity contribution in [3.63, 3.8) is 0 Å². The quantitative estimate of drug-likeness (QED) is 0.0165. The zero-order valence-corrected chi connectivity index (χ0v) is 45.5. The first-order valence-corrected chi connectivity index (χ1v) is 30.3. The molecule has 0 fully saturated rings. The summed E-state index contributed by atoms with van der Waals surface area (Å²) in [6.07, 6.45) is 46.9. The molecule has 15 nitrogen and oxygen atoms in total. The summed E-state index contributed by atoms with van der Waals surface area (Å²) in [7, 11) is -9.58. The van der Waals surface area contributed by atoms with Gasteiger partial charge in [0.25, 0.3) is 0 Å². The Bertz CT molecular complexity index is 1390. The highest BCUT2D eigenvalue weighted by Crippen LogP contribution is 2.45. The molecule has 0 amide bonds. The number of carbonyl (C=O) groups excluding carboxylic acids is 2. The monoisotopic (exact) mass is 1040 g/mol. The number of hydrogen-bond acceptors (Lipinski definition) is 13. The molecular formula is C53H100O15P2. The first-order valence-electron chi connectivity index (χ1n) is 27.3. The molecule has 0 aromatic carbocycles. The molecule has 0 aliphatic heterocycles. The number of phosphoric ester groups is 2. The summed E-state index contributed by atoms with van der Waals surface area (Å²) in [5.41, 5.74) is 0. The van der Waals surface area contributed by atoms with Gasteiger partial charge in [-0.1, -0.05) is 204 Å². The predicted molar refractivity (Wildman–Crippen MR) is 279 cm³/mol. The van der Waals surface area contributed by atoms with Gasteiger partial charge in [0.05, 0.1) is 26.4 Å². The zero-order valence-electron chi connectivity index (χ0n) is 43.7. The topological polar surface area (TPSA) is 225 Å². The van der Waals surface area contributed by atoms with Crippen LogP contribution in [0.2, 0.25) is 0 Å². The van der Waals surface area contributed by atoms with Crippen molar-refractivity contribution in [1.29, 1.82) is 0 Å². The molecule has 0 aliphatic rings. The van der Waals surface area contributed by atoms with Gasteiger partial charge in [-0.3, -0.25) is 27.7 Å². The van der Waals surface area contributed by atoms with Crippen molar-refractivity contribution in [3.05, 3.63) is 36.5 Å². The van der Waals surface area contributed by atoms with Gasteiger partial charge in [0.2, 0.25) is 0 Å². The Labute approximate surface area is 424 Å². The first kappa shape index (κ1) is 68.3. The van der Waals surface area contributed by atoms with Crippen LogP contribution in [0.5, 0.6) is 0 Å². The lowest BCUT2D eigenvalue weighted by Gasteiger charge is -2.19. The molecule has 0 saturated heterocycles. The molecule has 0 bridgehead atoms. The van der Waals surface area contributed by atoms with Crippen LogP contribution in [0.1, 0.15) is 232 Å². The minimum Gasteiger partial charge on any atom is -0.463 e. The maximum absolute atomic E-state index is 12.2. The number of allylic oxidation sites excluding steroid dienone is 6. The predicted octanol–water partition coefficient (Wildman–Crippen LogP) is 13.4. The standard InChI is InChI=1S/C53H100O15P2/c1-3-5-7-9-11-13-15-17-19-21-23-25-27-29-31-33-35-37-39-41-52(57)63-43-49(54)45-65-69(59,60)67-47-51(56)48-68-70(61,62)66-46-50(55)44-64-53(58)42-40-38-36-34-32-30-28-26-24-22-20-18-16-14-12-10-8-6-4-2/h11,13,17,19,23,25,49-51,54-56H,3-10,12,14-16,18,20-22,24,26-48H2,1-2H3,(H,59,60)(H,61,62)/b13-11-,19-17-,25-23-. The number of hydrogen-bond donors (Lipinski definition) is 5. The molecule has 0 saturated carbocycles. The average Bonchev–Trinajstić information content (AvgIpc) is 3.34. The van der Waals surface area contributed by atoms with Crippen molar-refractivity contribution < 1.29 is 71.4 Å².